The standard InChI is InChI=1S/C31H28N3OS2.Pt/c1-19-20(2)34(18-33(19)6)23-8-7-9-24(16-23)35-28-17-26-25(14-21-11-13-36-29(21)30(26)37-28)27-15-22(10-12-32-27)31(3,4)5;/h7-15,18H,1-6H3;/q-3;. The maximum atomic E-state index is 6.37. The predicted molar refractivity (Wildman–Crippen MR) is 156 cm³/mol. The molecule has 198 valence electrons. The van der Waals surface area contributed by atoms with Crippen LogP contribution in [0.5, 0.6) is 10.8 Å². The van der Waals surface area contributed by atoms with Gasteiger partial charge in [0.25, 0.3) is 0 Å². The molecule has 38 heavy (non-hydrogen) atoms. The fourth-order valence-electron chi connectivity index (χ4n) is 4.57. The SMILES string of the molecule is CC1=C(C)N(c2[c-]c(Oc3[c-]c4c(-c5cc(C(C)(C)C)ccn5)cc5ccsc5c4s3)ccc2)[CH-]N1C.[Pt]. The first kappa shape index (κ1) is 26.9. The second-order valence-corrected chi connectivity index (χ2v) is 12.3. The van der Waals surface area contributed by atoms with E-state index in [0.717, 1.165) is 27.4 Å². The maximum Gasteiger partial charge on any atom is 0.108 e. The molecule has 4 heterocycles. The van der Waals surface area contributed by atoms with E-state index in [9.17, 15) is 0 Å². The van der Waals surface area contributed by atoms with Crippen molar-refractivity contribution in [2.45, 2.75) is 40.0 Å². The van der Waals surface area contributed by atoms with Gasteiger partial charge in [-0.25, -0.2) is 0 Å². The van der Waals surface area contributed by atoms with Crippen molar-refractivity contribution in [3.05, 3.63) is 89.8 Å². The van der Waals surface area contributed by atoms with E-state index in [1.807, 2.05) is 18.3 Å². The Kier molecular flexibility index (Phi) is 7.19. The molecule has 6 rings (SSSR count). The van der Waals surface area contributed by atoms with Crippen molar-refractivity contribution in [1.29, 1.82) is 0 Å². The molecule has 0 fully saturated rings. The summed E-state index contributed by atoms with van der Waals surface area (Å²) in [6, 6.07) is 21.7. The average Bonchev–Trinajstić information content (AvgIpc) is 3.57. The predicted octanol–water partition coefficient (Wildman–Crippen LogP) is 8.99. The van der Waals surface area contributed by atoms with Crippen molar-refractivity contribution in [1.82, 2.24) is 9.88 Å². The summed E-state index contributed by atoms with van der Waals surface area (Å²) in [4.78, 5) is 9.01. The van der Waals surface area contributed by atoms with Crippen LogP contribution in [0.3, 0.4) is 0 Å². The van der Waals surface area contributed by atoms with Gasteiger partial charge in [0.05, 0.1) is 0 Å². The van der Waals surface area contributed by atoms with Crippen molar-refractivity contribution >= 4 is 48.5 Å². The van der Waals surface area contributed by atoms with E-state index in [2.05, 4.69) is 106 Å². The van der Waals surface area contributed by atoms with Crippen LogP contribution in [0.15, 0.2) is 65.4 Å². The van der Waals surface area contributed by atoms with Crippen LogP contribution in [0, 0.1) is 18.8 Å². The fraction of sp³-hybridized carbons (Fsp3) is 0.226. The van der Waals surface area contributed by atoms with Gasteiger partial charge >= 0.3 is 0 Å². The molecule has 0 radical (unpaired) electrons. The van der Waals surface area contributed by atoms with Gasteiger partial charge in [0.1, 0.15) is 5.06 Å². The number of hydrogen-bond donors (Lipinski definition) is 0. The molecule has 0 saturated heterocycles. The van der Waals surface area contributed by atoms with Crippen LogP contribution >= 0.6 is 22.7 Å². The van der Waals surface area contributed by atoms with Gasteiger partial charge in [-0.15, -0.1) is 36.0 Å². The van der Waals surface area contributed by atoms with E-state index in [1.165, 1.54) is 31.7 Å². The van der Waals surface area contributed by atoms with Crippen molar-refractivity contribution in [3.8, 4) is 22.1 Å². The van der Waals surface area contributed by atoms with Crippen LogP contribution in [-0.2, 0) is 26.5 Å². The minimum absolute atomic E-state index is 0. The Morgan fingerprint density at radius 1 is 1.00 bits per heavy atom. The molecular weight excluding hydrogens is 690 g/mol. The van der Waals surface area contributed by atoms with Gasteiger partial charge < -0.3 is 14.5 Å². The topological polar surface area (TPSA) is 28.6 Å². The summed E-state index contributed by atoms with van der Waals surface area (Å²) in [5, 5.41) is 5.14. The molecule has 5 aromatic rings. The zero-order chi connectivity index (χ0) is 25.9. The van der Waals surface area contributed by atoms with Crippen LogP contribution in [0.25, 0.3) is 31.4 Å². The Balaban J connectivity index is 0.00000294. The second-order valence-electron chi connectivity index (χ2n) is 10.4. The van der Waals surface area contributed by atoms with Gasteiger partial charge in [-0.1, -0.05) is 31.0 Å². The van der Waals surface area contributed by atoms with Gasteiger partial charge in [-0.05, 0) is 71.2 Å². The molecule has 0 unspecified atom stereocenters. The number of rotatable bonds is 4. The van der Waals surface area contributed by atoms with E-state index in [0.29, 0.717) is 5.75 Å². The minimum Gasteiger partial charge on any atom is -0.508 e. The van der Waals surface area contributed by atoms with Crippen LogP contribution in [-0.4, -0.2) is 16.9 Å². The molecule has 0 aliphatic carbocycles. The Morgan fingerprint density at radius 3 is 2.55 bits per heavy atom. The monoisotopic (exact) mass is 717 g/mol. The van der Waals surface area contributed by atoms with Crippen molar-refractivity contribution < 1.29 is 25.8 Å². The molecule has 0 N–H and O–H groups in total. The van der Waals surface area contributed by atoms with Gasteiger partial charge in [-0.3, -0.25) is 4.98 Å². The average molecular weight is 718 g/mol. The third-order valence-corrected chi connectivity index (χ3v) is 9.00. The number of benzene rings is 2. The maximum absolute atomic E-state index is 6.37. The minimum atomic E-state index is 0. The van der Waals surface area contributed by atoms with E-state index in [1.54, 1.807) is 22.7 Å². The molecular formula is C31H28N3OPtS2-3. The smallest absolute Gasteiger partial charge is 0.108 e. The van der Waals surface area contributed by atoms with E-state index >= 15 is 0 Å². The van der Waals surface area contributed by atoms with Crippen LogP contribution in [0.1, 0.15) is 40.2 Å². The summed E-state index contributed by atoms with van der Waals surface area (Å²) >= 11 is 3.38. The third-order valence-electron chi connectivity index (χ3n) is 6.94. The van der Waals surface area contributed by atoms with Crippen LogP contribution in [0.4, 0.5) is 5.69 Å². The first-order valence-electron chi connectivity index (χ1n) is 12.3. The molecule has 0 amide bonds. The number of thiophene rings is 2. The van der Waals surface area contributed by atoms with Gasteiger partial charge in [0.2, 0.25) is 0 Å². The Morgan fingerprint density at radius 2 is 1.82 bits per heavy atom. The number of aromatic nitrogens is 1. The molecule has 4 nitrogen and oxygen atoms in total. The molecule has 3 aromatic heterocycles. The molecule has 0 atom stereocenters. The number of ether oxygens (including phenoxy) is 1. The largest absolute Gasteiger partial charge is 0.508 e. The zero-order valence-corrected chi connectivity index (χ0v) is 26.1. The molecule has 1 aliphatic heterocycles. The van der Waals surface area contributed by atoms with Crippen molar-refractivity contribution in [2.24, 2.45) is 0 Å². The molecule has 7 heteroatoms. The fourth-order valence-corrected chi connectivity index (χ4v) is 6.61. The zero-order valence-electron chi connectivity index (χ0n) is 22.2. The number of nitrogens with zero attached hydrogens (tertiary/aromatic N) is 3. The Hall–Kier alpha value is -2.66. The number of allylic oxidation sites excluding steroid dienone is 2. The Bertz CT molecular complexity index is 1680. The normalized spacial score (nSPS) is 14.1. The summed E-state index contributed by atoms with van der Waals surface area (Å²) in [5.74, 6) is 0.672. The van der Waals surface area contributed by atoms with Crippen LogP contribution < -0.4 is 9.64 Å². The Labute approximate surface area is 246 Å². The molecule has 0 saturated carbocycles. The third kappa shape index (κ3) is 4.79. The van der Waals surface area contributed by atoms with Crippen molar-refractivity contribution in [3.63, 3.8) is 0 Å². The van der Waals surface area contributed by atoms with E-state index in [4.69, 9.17) is 9.72 Å². The van der Waals surface area contributed by atoms with E-state index < -0.39 is 0 Å². The van der Waals surface area contributed by atoms with Gasteiger partial charge in [-0.2, -0.15) is 40.8 Å². The molecule has 0 bridgehead atoms. The van der Waals surface area contributed by atoms with Crippen LogP contribution in [0.2, 0.25) is 0 Å². The quantitative estimate of drug-likeness (QED) is 0.174. The van der Waals surface area contributed by atoms with Gasteiger partial charge in [0.15, 0.2) is 0 Å². The first-order valence-corrected chi connectivity index (χ1v) is 14.0. The van der Waals surface area contributed by atoms with Crippen molar-refractivity contribution in [2.75, 3.05) is 11.9 Å². The summed E-state index contributed by atoms with van der Waals surface area (Å²) < 4.78 is 8.80. The number of fused-ring (bicyclic) bond motifs is 3. The first-order chi connectivity index (χ1) is 17.7. The molecule has 1 aliphatic rings. The molecule has 0 spiro atoms. The summed E-state index contributed by atoms with van der Waals surface area (Å²) in [5.41, 5.74) is 6.70. The summed E-state index contributed by atoms with van der Waals surface area (Å²) in [7, 11) is 2.06. The van der Waals surface area contributed by atoms with E-state index in [-0.39, 0.29) is 26.5 Å². The second kappa shape index (κ2) is 10.1. The molecule has 2 aromatic carbocycles. The summed E-state index contributed by atoms with van der Waals surface area (Å²) in [6.07, 6.45) is 1.91. The number of hydrogen-bond acceptors (Lipinski definition) is 6. The number of anilines is 1. The summed E-state index contributed by atoms with van der Waals surface area (Å²) in [6.45, 7) is 13.0. The van der Waals surface area contributed by atoms with Gasteiger partial charge in [0, 0.05) is 44.4 Å². The number of pyridine rings is 1.